The predicted molar refractivity (Wildman–Crippen MR) is 79.8 cm³/mol. The first kappa shape index (κ1) is 15.0. The number of hydrogen-bond acceptors (Lipinski definition) is 5. The highest BCUT2D eigenvalue weighted by molar-refractivity contribution is 7.15. The lowest BCUT2D eigenvalue weighted by Crippen LogP contribution is -2.24. The highest BCUT2D eigenvalue weighted by Gasteiger charge is 2.18. The van der Waals surface area contributed by atoms with Crippen LogP contribution in [0.4, 0.5) is 9.52 Å². The Kier molecular flexibility index (Phi) is 4.80. The van der Waals surface area contributed by atoms with Crippen molar-refractivity contribution in [3.05, 3.63) is 40.7 Å². The van der Waals surface area contributed by atoms with Gasteiger partial charge < -0.3 is 10.5 Å². The molecule has 3 rings (SSSR count). The van der Waals surface area contributed by atoms with Crippen LogP contribution in [-0.4, -0.2) is 23.0 Å². The fourth-order valence-electron chi connectivity index (χ4n) is 2.19. The van der Waals surface area contributed by atoms with E-state index in [2.05, 4.69) is 9.88 Å². The second kappa shape index (κ2) is 6.39. The first-order valence-electron chi connectivity index (χ1n) is 6.05. The number of nitrogens with zero attached hydrogens (tertiary/aromatic N) is 2. The van der Waals surface area contributed by atoms with Crippen LogP contribution in [0.3, 0.4) is 0 Å². The van der Waals surface area contributed by atoms with Crippen molar-refractivity contribution in [1.82, 2.24) is 9.88 Å². The number of rotatable bonds is 2. The minimum atomic E-state index is -0.290. The average molecular weight is 316 g/mol. The maximum atomic E-state index is 13.6. The van der Waals surface area contributed by atoms with Gasteiger partial charge in [-0.1, -0.05) is 12.1 Å². The van der Waals surface area contributed by atoms with Crippen molar-refractivity contribution in [2.75, 3.05) is 18.9 Å². The molecule has 0 bridgehead atoms. The van der Waals surface area contributed by atoms with Gasteiger partial charge in [0, 0.05) is 36.3 Å². The zero-order valence-corrected chi connectivity index (χ0v) is 12.3. The number of nitrogens with two attached hydrogens (primary N) is 1. The summed E-state index contributed by atoms with van der Waals surface area (Å²) in [6, 6.07) is 5.04. The maximum Gasteiger partial charge on any atom is 0.180 e. The molecule has 0 saturated carbocycles. The molecule has 2 aromatic rings. The van der Waals surface area contributed by atoms with Crippen molar-refractivity contribution >= 4 is 28.9 Å². The number of halogens is 2. The summed E-state index contributed by atoms with van der Waals surface area (Å²) in [4.78, 5) is 7.36. The molecule has 1 aliphatic heterocycles. The maximum absolute atomic E-state index is 13.6. The molecular weight excluding hydrogens is 301 g/mol. The van der Waals surface area contributed by atoms with Crippen molar-refractivity contribution < 1.29 is 9.13 Å². The van der Waals surface area contributed by atoms with E-state index in [1.54, 1.807) is 12.3 Å². The molecule has 1 aromatic heterocycles. The highest BCUT2D eigenvalue weighted by Crippen LogP contribution is 2.27. The van der Waals surface area contributed by atoms with Gasteiger partial charge in [-0.05, 0) is 6.07 Å². The number of thiazole rings is 1. The third-order valence-electron chi connectivity index (χ3n) is 3.05. The van der Waals surface area contributed by atoms with Gasteiger partial charge in [0.2, 0.25) is 0 Å². The van der Waals surface area contributed by atoms with Gasteiger partial charge in [-0.15, -0.1) is 23.7 Å². The van der Waals surface area contributed by atoms with Crippen molar-refractivity contribution in [1.29, 1.82) is 0 Å². The third kappa shape index (κ3) is 3.20. The number of fused-ring (bicyclic) bond motifs is 1. The van der Waals surface area contributed by atoms with Crippen molar-refractivity contribution in [3.63, 3.8) is 0 Å². The fourth-order valence-corrected chi connectivity index (χ4v) is 2.91. The van der Waals surface area contributed by atoms with Crippen LogP contribution in [0, 0.1) is 5.82 Å². The lowest BCUT2D eigenvalue weighted by Gasteiger charge is -2.17. The lowest BCUT2D eigenvalue weighted by atomic mass is 10.2. The fraction of sp³-hybridized carbons (Fsp3) is 0.308. The lowest BCUT2D eigenvalue weighted by molar-refractivity contribution is 0.218. The summed E-state index contributed by atoms with van der Waals surface area (Å²) in [6.45, 7) is 2.67. The van der Waals surface area contributed by atoms with Gasteiger partial charge in [0.1, 0.15) is 6.61 Å². The molecule has 7 heteroatoms. The number of para-hydroxylation sites is 1. The van der Waals surface area contributed by atoms with Gasteiger partial charge in [0.15, 0.2) is 16.7 Å². The second-order valence-electron chi connectivity index (χ2n) is 4.45. The number of benzene rings is 1. The number of aromatic nitrogens is 1. The van der Waals surface area contributed by atoms with Crippen LogP contribution in [-0.2, 0) is 13.1 Å². The zero-order chi connectivity index (χ0) is 13.2. The van der Waals surface area contributed by atoms with Gasteiger partial charge in [0.05, 0.1) is 0 Å². The Bertz CT molecular complexity index is 593. The summed E-state index contributed by atoms with van der Waals surface area (Å²) < 4.78 is 19.1. The molecule has 0 amide bonds. The molecule has 1 aromatic carbocycles. The molecule has 0 aliphatic carbocycles. The minimum absolute atomic E-state index is 0. The van der Waals surface area contributed by atoms with Crippen LogP contribution < -0.4 is 10.5 Å². The van der Waals surface area contributed by atoms with Crippen LogP contribution in [0.2, 0.25) is 0 Å². The molecule has 0 atom stereocenters. The van der Waals surface area contributed by atoms with Crippen molar-refractivity contribution in [2.45, 2.75) is 13.1 Å². The summed E-state index contributed by atoms with van der Waals surface area (Å²) in [6.07, 6.45) is 1.79. The summed E-state index contributed by atoms with van der Waals surface area (Å²) in [7, 11) is 0. The SMILES string of the molecule is Cl.Nc1ncc(CN2CCOc3c(F)cccc3C2)s1. The van der Waals surface area contributed by atoms with E-state index in [0.29, 0.717) is 24.0 Å². The number of ether oxygens (including phenoxy) is 1. The molecule has 0 radical (unpaired) electrons. The van der Waals surface area contributed by atoms with E-state index in [0.717, 1.165) is 23.5 Å². The van der Waals surface area contributed by atoms with Gasteiger partial charge in [0.25, 0.3) is 0 Å². The number of anilines is 1. The van der Waals surface area contributed by atoms with Gasteiger partial charge in [-0.25, -0.2) is 9.37 Å². The molecule has 1 aliphatic rings. The molecule has 108 valence electrons. The molecule has 0 fully saturated rings. The molecule has 0 saturated heterocycles. The topological polar surface area (TPSA) is 51.4 Å². The summed E-state index contributed by atoms with van der Waals surface area (Å²) in [5, 5.41) is 0.576. The van der Waals surface area contributed by atoms with E-state index in [1.165, 1.54) is 17.4 Å². The largest absolute Gasteiger partial charge is 0.489 e. The Labute approximate surface area is 126 Å². The van der Waals surface area contributed by atoms with E-state index in [9.17, 15) is 4.39 Å². The summed E-state index contributed by atoms with van der Waals surface area (Å²) in [5.41, 5.74) is 6.51. The van der Waals surface area contributed by atoms with E-state index in [1.807, 2.05) is 6.07 Å². The Hall–Kier alpha value is -1.37. The molecular formula is C13H15ClFN3OS. The molecule has 0 spiro atoms. The molecule has 0 unspecified atom stereocenters. The van der Waals surface area contributed by atoms with E-state index >= 15 is 0 Å². The van der Waals surface area contributed by atoms with Gasteiger partial charge >= 0.3 is 0 Å². The predicted octanol–water partition coefficient (Wildman–Crippen LogP) is 2.68. The summed E-state index contributed by atoms with van der Waals surface area (Å²) in [5.74, 6) is 0.0928. The van der Waals surface area contributed by atoms with Crippen LogP contribution in [0.1, 0.15) is 10.4 Å². The first-order chi connectivity index (χ1) is 9.22. The Morgan fingerprint density at radius 2 is 2.30 bits per heavy atom. The molecule has 4 nitrogen and oxygen atoms in total. The highest BCUT2D eigenvalue weighted by atomic mass is 35.5. The van der Waals surface area contributed by atoms with Gasteiger partial charge in [-0.3, -0.25) is 4.90 Å². The van der Waals surface area contributed by atoms with Crippen LogP contribution in [0.5, 0.6) is 5.75 Å². The Morgan fingerprint density at radius 1 is 1.45 bits per heavy atom. The standard InChI is InChI=1S/C13H14FN3OS.ClH/c14-11-3-1-2-9-7-17(4-5-18-12(9)11)8-10-6-16-13(15)19-10;/h1-3,6H,4-5,7-8H2,(H2,15,16);1H. The van der Waals surface area contributed by atoms with E-state index in [4.69, 9.17) is 10.5 Å². The minimum Gasteiger partial charge on any atom is -0.489 e. The zero-order valence-electron chi connectivity index (χ0n) is 10.7. The third-order valence-corrected chi connectivity index (χ3v) is 3.86. The second-order valence-corrected chi connectivity index (χ2v) is 5.60. The smallest absolute Gasteiger partial charge is 0.180 e. The Balaban J connectivity index is 0.00000147. The van der Waals surface area contributed by atoms with Crippen molar-refractivity contribution in [2.24, 2.45) is 0 Å². The van der Waals surface area contributed by atoms with Crippen LogP contribution in [0.15, 0.2) is 24.4 Å². The quantitative estimate of drug-likeness (QED) is 0.925. The molecule has 2 heterocycles. The van der Waals surface area contributed by atoms with E-state index in [-0.39, 0.29) is 18.2 Å². The van der Waals surface area contributed by atoms with Crippen molar-refractivity contribution in [3.8, 4) is 5.75 Å². The van der Waals surface area contributed by atoms with E-state index < -0.39 is 0 Å². The Morgan fingerprint density at radius 3 is 3.05 bits per heavy atom. The number of nitrogen functional groups attached to an aromatic ring is 1. The molecule has 20 heavy (non-hydrogen) atoms. The normalized spacial score (nSPS) is 14.8. The summed E-state index contributed by atoms with van der Waals surface area (Å²) >= 11 is 1.48. The molecule has 2 N–H and O–H groups in total. The van der Waals surface area contributed by atoms with Crippen LogP contribution >= 0.6 is 23.7 Å². The first-order valence-corrected chi connectivity index (χ1v) is 6.87. The van der Waals surface area contributed by atoms with Crippen LogP contribution in [0.25, 0.3) is 0 Å². The van der Waals surface area contributed by atoms with Gasteiger partial charge in [-0.2, -0.15) is 0 Å². The average Bonchev–Trinajstić information content (AvgIpc) is 2.67. The number of hydrogen-bond donors (Lipinski definition) is 1. The monoisotopic (exact) mass is 315 g/mol.